The van der Waals surface area contributed by atoms with Crippen LogP contribution in [0.2, 0.25) is 0 Å². The largest absolute Gasteiger partial charge is 0.320 e. The molecule has 0 spiro atoms. The summed E-state index contributed by atoms with van der Waals surface area (Å²) in [5.41, 5.74) is 0. The lowest BCUT2D eigenvalue weighted by Crippen LogP contribution is -2.52. The molecule has 0 aromatic heterocycles. The van der Waals surface area contributed by atoms with Gasteiger partial charge >= 0.3 is 5.92 Å². The molecule has 108 valence electrons. The third-order valence-corrected chi connectivity index (χ3v) is 2.52. The molecule has 0 amide bonds. The highest BCUT2D eigenvalue weighted by Crippen LogP contribution is 2.43. The summed E-state index contributed by atoms with van der Waals surface area (Å²) in [6.07, 6.45) is -8.92. The number of allylic oxidation sites excluding steroid dienone is 1. The van der Waals surface area contributed by atoms with Crippen LogP contribution in [0.25, 0.3) is 0 Å². The fraction of sp³-hybridized carbons (Fsp3) is 0.778. The maximum absolute atomic E-state index is 13.0. The molecule has 0 fully saturated rings. The monoisotopic (exact) mass is 304 g/mol. The molecule has 0 aliphatic heterocycles. The fourth-order valence-corrected chi connectivity index (χ4v) is 1.12. The maximum Gasteiger partial charge on any atom is 0.320 e. The zero-order valence-corrected chi connectivity index (χ0v) is 9.67. The summed E-state index contributed by atoms with van der Waals surface area (Å²) in [7, 11) is 0. The lowest BCUT2D eigenvalue weighted by Gasteiger charge is -2.31. The van der Waals surface area contributed by atoms with E-state index in [4.69, 9.17) is 0 Å². The van der Waals surface area contributed by atoms with Crippen molar-refractivity contribution in [2.45, 2.75) is 31.1 Å². The van der Waals surface area contributed by atoms with E-state index in [1.54, 1.807) is 0 Å². The van der Waals surface area contributed by atoms with E-state index in [0.29, 0.717) is 6.92 Å². The van der Waals surface area contributed by atoms with Gasteiger partial charge < -0.3 is 0 Å². The van der Waals surface area contributed by atoms with Crippen molar-refractivity contribution < 1.29 is 35.1 Å². The Labute approximate surface area is 103 Å². The van der Waals surface area contributed by atoms with Crippen LogP contribution in [0, 0.1) is 5.92 Å². The molecule has 18 heavy (non-hydrogen) atoms. The maximum atomic E-state index is 13.0. The van der Waals surface area contributed by atoms with Crippen LogP contribution in [0.5, 0.6) is 0 Å². The summed E-state index contributed by atoms with van der Waals surface area (Å²) in [6, 6.07) is 0. The number of rotatable bonds is 6. The van der Waals surface area contributed by atoms with E-state index >= 15 is 0 Å². The number of hydrogen-bond donors (Lipinski definition) is 0. The predicted molar refractivity (Wildman–Crippen MR) is 49.9 cm³/mol. The second-order valence-corrected chi connectivity index (χ2v) is 4.06. The topological polar surface area (TPSA) is 0 Å². The standard InChI is InChI=1S/C9H9ClF8/c1-4(2-11)8(15,16)7(14)9(17,18)6(13)5(10)3-12/h3-4,6-7H,2H2,1H3. The van der Waals surface area contributed by atoms with Gasteiger partial charge in [-0.3, -0.25) is 4.39 Å². The Bertz CT molecular complexity index is 303. The first-order valence-corrected chi connectivity index (χ1v) is 4.96. The van der Waals surface area contributed by atoms with Crippen molar-refractivity contribution in [2.75, 3.05) is 6.67 Å². The first-order chi connectivity index (χ1) is 8.03. The fourth-order valence-electron chi connectivity index (χ4n) is 0.977. The van der Waals surface area contributed by atoms with Crippen molar-refractivity contribution in [2.24, 2.45) is 5.92 Å². The predicted octanol–water partition coefficient (Wildman–Crippen LogP) is 4.59. The third kappa shape index (κ3) is 3.27. The van der Waals surface area contributed by atoms with E-state index in [9.17, 15) is 35.1 Å². The van der Waals surface area contributed by atoms with Crippen molar-refractivity contribution in [3.05, 3.63) is 11.4 Å². The molecule has 0 rings (SSSR count). The minimum atomic E-state index is -5.29. The van der Waals surface area contributed by atoms with Crippen LogP contribution >= 0.6 is 11.6 Å². The smallest absolute Gasteiger partial charge is 0.251 e. The van der Waals surface area contributed by atoms with Gasteiger partial charge in [-0.05, 0) is 0 Å². The summed E-state index contributed by atoms with van der Waals surface area (Å²) in [6.45, 7) is -1.31. The molecule has 0 saturated heterocycles. The van der Waals surface area contributed by atoms with E-state index in [1.165, 1.54) is 0 Å². The molecule has 0 aliphatic rings. The van der Waals surface area contributed by atoms with Gasteiger partial charge in [-0.25, -0.2) is 22.0 Å². The Morgan fingerprint density at radius 2 is 1.61 bits per heavy atom. The molecule has 0 bridgehead atoms. The molecule has 3 atom stereocenters. The van der Waals surface area contributed by atoms with Gasteiger partial charge in [0.15, 0.2) is 0 Å². The van der Waals surface area contributed by atoms with E-state index < -0.39 is 48.1 Å². The highest BCUT2D eigenvalue weighted by atomic mass is 35.5. The van der Waals surface area contributed by atoms with Crippen molar-refractivity contribution >= 4 is 11.6 Å². The Morgan fingerprint density at radius 1 is 1.17 bits per heavy atom. The molecule has 0 nitrogen and oxygen atoms in total. The molecule has 0 heterocycles. The van der Waals surface area contributed by atoms with Gasteiger partial charge in [0.25, 0.3) is 5.92 Å². The molecular weight excluding hydrogens is 296 g/mol. The van der Waals surface area contributed by atoms with E-state index in [1.807, 2.05) is 0 Å². The third-order valence-electron chi connectivity index (χ3n) is 2.25. The quantitative estimate of drug-likeness (QED) is 0.630. The SMILES string of the molecule is CC(CF)C(F)(F)C(F)C(F)(F)C(F)C(Cl)=CF. The van der Waals surface area contributed by atoms with Gasteiger partial charge in [-0.1, -0.05) is 18.5 Å². The second kappa shape index (κ2) is 6.08. The minimum Gasteiger partial charge on any atom is -0.251 e. The van der Waals surface area contributed by atoms with Crippen LogP contribution in [-0.4, -0.2) is 30.9 Å². The van der Waals surface area contributed by atoms with Crippen molar-refractivity contribution in [3.63, 3.8) is 0 Å². The summed E-state index contributed by atoms with van der Waals surface area (Å²) in [4.78, 5) is 0. The zero-order valence-electron chi connectivity index (χ0n) is 8.92. The summed E-state index contributed by atoms with van der Waals surface area (Å²) in [5.74, 6) is -12.5. The second-order valence-electron chi connectivity index (χ2n) is 3.62. The van der Waals surface area contributed by atoms with Gasteiger partial charge in [0.1, 0.15) is 6.33 Å². The van der Waals surface area contributed by atoms with Crippen LogP contribution in [0.1, 0.15) is 6.92 Å². The molecule has 0 N–H and O–H groups in total. The van der Waals surface area contributed by atoms with Crippen molar-refractivity contribution in [1.82, 2.24) is 0 Å². The Balaban J connectivity index is 5.23. The average Bonchev–Trinajstić information content (AvgIpc) is 2.34. The Morgan fingerprint density at radius 3 is 1.94 bits per heavy atom. The van der Waals surface area contributed by atoms with Gasteiger partial charge in [0.05, 0.1) is 17.6 Å². The summed E-state index contributed by atoms with van der Waals surface area (Å²) < 4.78 is 102. The number of halogens is 9. The molecular formula is C9H9ClF8. The Hall–Kier alpha value is -0.530. The van der Waals surface area contributed by atoms with Crippen molar-refractivity contribution in [1.29, 1.82) is 0 Å². The zero-order chi connectivity index (χ0) is 14.7. The highest BCUT2D eigenvalue weighted by Gasteiger charge is 2.62. The molecule has 0 radical (unpaired) electrons. The molecule has 0 aliphatic carbocycles. The van der Waals surface area contributed by atoms with Crippen LogP contribution in [0.3, 0.4) is 0 Å². The van der Waals surface area contributed by atoms with Crippen molar-refractivity contribution in [3.8, 4) is 0 Å². The average molecular weight is 305 g/mol. The van der Waals surface area contributed by atoms with Gasteiger partial charge in [-0.15, -0.1) is 0 Å². The summed E-state index contributed by atoms with van der Waals surface area (Å²) >= 11 is 4.65. The first-order valence-electron chi connectivity index (χ1n) is 4.58. The van der Waals surface area contributed by atoms with Gasteiger partial charge in [0, 0.05) is 0 Å². The van der Waals surface area contributed by atoms with Gasteiger partial charge in [0.2, 0.25) is 12.3 Å². The molecule has 0 aromatic rings. The van der Waals surface area contributed by atoms with E-state index in [0.717, 1.165) is 0 Å². The minimum absolute atomic E-state index is 0.475. The van der Waals surface area contributed by atoms with Crippen LogP contribution < -0.4 is 0 Å². The van der Waals surface area contributed by atoms with E-state index in [-0.39, 0.29) is 0 Å². The highest BCUT2D eigenvalue weighted by molar-refractivity contribution is 6.30. The summed E-state index contributed by atoms with van der Waals surface area (Å²) in [5, 5.41) is -1.76. The molecule has 9 heteroatoms. The lowest BCUT2D eigenvalue weighted by molar-refractivity contribution is -0.218. The Kier molecular flexibility index (Phi) is 5.90. The normalized spacial score (nSPS) is 19.6. The van der Waals surface area contributed by atoms with Crippen LogP contribution in [0.15, 0.2) is 11.4 Å². The molecule has 0 aromatic carbocycles. The van der Waals surface area contributed by atoms with Gasteiger partial charge in [-0.2, -0.15) is 8.78 Å². The molecule has 0 saturated carbocycles. The first kappa shape index (κ1) is 17.5. The number of alkyl halides is 7. The van der Waals surface area contributed by atoms with E-state index in [2.05, 4.69) is 11.6 Å². The lowest BCUT2D eigenvalue weighted by atomic mass is 9.94. The van der Waals surface area contributed by atoms with Crippen LogP contribution in [0.4, 0.5) is 35.1 Å². The number of hydrogen-bond acceptors (Lipinski definition) is 0. The molecule has 3 unspecified atom stereocenters. The van der Waals surface area contributed by atoms with Crippen LogP contribution in [-0.2, 0) is 0 Å².